The van der Waals surface area contributed by atoms with E-state index in [0.29, 0.717) is 24.5 Å². The van der Waals surface area contributed by atoms with Crippen molar-refractivity contribution < 1.29 is 23.1 Å². The highest BCUT2D eigenvalue weighted by Gasteiger charge is 2.42. The first-order valence-electron chi connectivity index (χ1n) is 13.5. The summed E-state index contributed by atoms with van der Waals surface area (Å²) in [5, 5.41) is 14.5. The Morgan fingerprint density at radius 2 is 1.93 bits per heavy atom. The van der Waals surface area contributed by atoms with Gasteiger partial charge in [0, 0.05) is 19.1 Å². The molecular formula is C29H37F3N6O2. The van der Waals surface area contributed by atoms with E-state index in [0.717, 1.165) is 24.6 Å². The molecule has 1 aliphatic heterocycles. The maximum Gasteiger partial charge on any atom is 0.320 e. The van der Waals surface area contributed by atoms with E-state index in [-0.39, 0.29) is 43.0 Å². The highest BCUT2D eigenvalue weighted by molar-refractivity contribution is 5.76. The number of carbonyl (C=O) groups excluding carboxylic acids is 1. The standard InChI is InChI=1S/C29H37F3N6O2/c1-29(2,3)25(37(15-13-20(33)17-30)28(40)36-14-7-10-22(36)18-39)27-34-26(23-16-19(31)11-12-24(23)32)35-38(27)21-8-5-4-6-9-21/h4-6,8-9,11-12,16,20,22,25,39H,7,10,13-15,17-18,33H2,1-3H3/t20-,22+,25-/m0/s1. The highest BCUT2D eigenvalue weighted by atomic mass is 19.1. The van der Waals surface area contributed by atoms with Gasteiger partial charge in [-0.25, -0.2) is 27.6 Å². The van der Waals surface area contributed by atoms with E-state index in [1.165, 1.54) is 0 Å². The number of amides is 2. The summed E-state index contributed by atoms with van der Waals surface area (Å²) < 4.78 is 43.9. The molecular weight excluding hydrogens is 521 g/mol. The molecule has 0 bridgehead atoms. The molecule has 11 heteroatoms. The Hall–Kier alpha value is -3.44. The lowest BCUT2D eigenvalue weighted by Crippen LogP contribution is -2.52. The molecule has 2 heterocycles. The normalized spacial score (nSPS) is 17.2. The third-order valence-corrected chi connectivity index (χ3v) is 7.20. The summed E-state index contributed by atoms with van der Waals surface area (Å²) in [5.41, 5.74) is 5.80. The summed E-state index contributed by atoms with van der Waals surface area (Å²) in [6.45, 7) is 5.48. The zero-order valence-corrected chi connectivity index (χ0v) is 23.1. The lowest BCUT2D eigenvalue weighted by atomic mass is 9.84. The quantitative estimate of drug-likeness (QED) is 0.391. The third kappa shape index (κ3) is 6.31. The number of aliphatic hydroxyl groups is 1. The van der Waals surface area contributed by atoms with Gasteiger partial charge in [0.1, 0.15) is 18.3 Å². The van der Waals surface area contributed by atoms with E-state index in [1.807, 2.05) is 39.0 Å². The molecule has 40 heavy (non-hydrogen) atoms. The van der Waals surface area contributed by atoms with Gasteiger partial charge in [-0.15, -0.1) is 5.10 Å². The number of nitrogens with zero attached hydrogens (tertiary/aromatic N) is 5. The lowest BCUT2D eigenvalue weighted by Gasteiger charge is -2.42. The van der Waals surface area contributed by atoms with Crippen molar-refractivity contribution in [3.63, 3.8) is 0 Å². The van der Waals surface area contributed by atoms with Crippen LogP contribution >= 0.6 is 0 Å². The third-order valence-electron chi connectivity index (χ3n) is 7.20. The minimum absolute atomic E-state index is 0.0348. The van der Waals surface area contributed by atoms with Crippen LogP contribution in [0.5, 0.6) is 0 Å². The number of aliphatic hydroxyl groups excluding tert-OH is 1. The summed E-state index contributed by atoms with van der Waals surface area (Å²) >= 11 is 0. The summed E-state index contributed by atoms with van der Waals surface area (Å²) in [4.78, 5) is 22.1. The first-order valence-corrected chi connectivity index (χ1v) is 13.5. The van der Waals surface area contributed by atoms with Crippen LogP contribution in [0.25, 0.3) is 17.1 Å². The van der Waals surface area contributed by atoms with Crippen LogP contribution in [0.3, 0.4) is 0 Å². The number of hydrogen-bond acceptors (Lipinski definition) is 5. The maximum atomic E-state index is 14.9. The predicted molar refractivity (Wildman–Crippen MR) is 146 cm³/mol. The Kier molecular flexibility index (Phi) is 9.15. The van der Waals surface area contributed by atoms with Gasteiger partial charge in [0.2, 0.25) is 0 Å². The predicted octanol–water partition coefficient (Wildman–Crippen LogP) is 4.87. The molecule has 1 fully saturated rings. The van der Waals surface area contributed by atoms with Crippen molar-refractivity contribution in [2.75, 3.05) is 26.4 Å². The highest BCUT2D eigenvalue weighted by Crippen LogP contribution is 2.40. The van der Waals surface area contributed by atoms with Gasteiger partial charge in [-0.3, -0.25) is 0 Å². The molecule has 1 aromatic heterocycles. The van der Waals surface area contributed by atoms with Crippen LogP contribution in [0.4, 0.5) is 18.0 Å². The Labute approximate surface area is 232 Å². The van der Waals surface area contributed by atoms with Crippen molar-refractivity contribution >= 4 is 6.03 Å². The molecule has 3 aromatic rings. The van der Waals surface area contributed by atoms with Crippen LogP contribution < -0.4 is 5.73 Å². The summed E-state index contributed by atoms with van der Waals surface area (Å²) in [6, 6.07) is 9.98. The van der Waals surface area contributed by atoms with E-state index in [2.05, 4.69) is 5.10 Å². The number of urea groups is 1. The number of likely N-dealkylation sites (tertiary alicyclic amines) is 1. The van der Waals surface area contributed by atoms with Gasteiger partial charge in [-0.2, -0.15) is 0 Å². The maximum absolute atomic E-state index is 14.9. The molecule has 4 rings (SSSR count). The molecule has 2 amide bonds. The number of para-hydroxylation sites is 1. The van der Waals surface area contributed by atoms with Gasteiger partial charge in [-0.1, -0.05) is 39.0 Å². The number of nitrogens with two attached hydrogens (primary N) is 1. The monoisotopic (exact) mass is 558 g/mol. The van der Waals surface area contributed by atoms with Gasteiger partial charge < -0.3 is 20.6 Å². The average Bonchev–Trinajstić information content (AvgIpc) is 3.59. The van der Waals surface area contributed by atoms with Gasteiger partial charge >= 0.3 is 6.03 Å². The van der Waals surface area contributed by atoms with Crippen molar-refractivity contribution in [2.24, 2.45) is 11.1 Å². The van der Waals surface area contributed by atoms with E-state index < -0.39 is 35.8 Å². The van der Waals surface area contributed by atoms with Crippen molar-refractivity contribution in [1.29, 1.82) is 0 Å². The Bertz CT molecular complexity index is 1300. The second kappa shape index (κ2) is 12.4. The van der Waals surface area contributed by atoms with E-state index >= 15 is 0 Å². The Balaban J connectivity index is 1.90. The first-order chi connectivity index (χ1) is 19.0. The van der Waals surface area contributed by atoms with Gasteiger partial charge in [0.25, 0.3) is 0 Å². The molecule has 0 aliphatic carbocycles. The van der Waals surface area contributed by atoms with Crippen LogP contribution in [0.2, 0.25) is 0 Å². The number of carbonyl (C=O) groups is 1. The SMILES string of the molecule is CC(C)(C)[C@H](c1nc(-c2cc(F)ccc2F)nn1-c1ccccc1)N(CC[C@H](N)CF)C(=O)N1CCC[C@@H]1CO. The molecule has 0 saturated carbocycles. The molecule has 2 aromatic carbocycles. The summed E-state index contributed by atoms with van der Waals surface area (Å²) in [5.74, 6) is -1.02. The minimum Gasteiger partial charge on any atom is -0.394 e. The first kappa shape index (κ1) is 29.5. The van der Waals surface area contributed by atoms with Gasteiger partial charge in [-0.05, 0) is 55.0 Å². The van der Waals surface area contributed by atoms with Gasteiger partial charge in [0.05, 0.1) is 29.9 Å². The zero-order valence-electron chi connectivity index (χ0n) is 23.1. The molecule has 216 valence electrons. The molecule has 3 atom stereocenters. The van der Waals surface area contributed by atoms with Crippen molar-refractivity contribution in [3.05, 3.63) is 66.0 Å². The second-order valence-corrected chi connectivity index (χ2v) is 11.3. The Morgan fingerprint density at radius 3 is 2.58 bits per heavy atom. The number of alkyl halides is 1. The van der Waals surface area contributed by atoms with Crippen molar-refractivity contribution in [3.8, 4) is 17.1 Å². The fraction of sp³-hybridized carbons (Fsp3) is 0.483. The number of halogens is 3. The fourth-order valence-corrected chi connectivity index (χ4v) is 5.20. The number of rotatable bonds is 9. The lowest BCUT2D eigenvalue weighted by molar-refractivity contribution is 0.0714. The molecule has 0 radical (unpaired) electrons. The number of hydrogen-bond donors (Lipinski definition) is 2. The Morgan fingerprint density at radius 1 is 1.20 bits per heavy atom. The summed E-state index contributed by atoms with van der Waals surface area (Å²) in [6.07, 6.45) is 1.61. The van der Waals surface area contributed by atoms with E-state index in [1.54, 1.807) is 26.6 Å². The topological polar surface area (TPSA) is 101 Å². The van der Waals surface area contributed by atoms with E-state index in [4.69, 9.17) is 10.7 Å². The second-order valence-electron chi connectivity index (χ2n) is 11.3. The number of benzene rings is 2. The van der Waals surface area contributed by atoms with Gasteiger partial charge in [0.15, 0.2) is 11.6 Å². The minimum atomic E-state index is -0.771. The van der Waals surface area contributed by atoms with Crippen LogP contribution in [0.15, 0.2) is 48.5 Å². The molecule has 0 unspecified atom stereocenters. The van der Waals surface area contributed by atoms with Crippen LogP contribution in [-0.2, 0) is 0 Å². The zero-order chi connectivity index (χ0) is 29.0. The van der Waals surface area contributed by atoms with Crippen LogP contribution in [-0.4, -0.2) is 74.2 Å². The van der Waals surface area contributed by atoms with Crippen molar-refractivity contribution in [1.82, 2.24) is 24.6 Å². The molecule has 0 spiro atoms. The molecule has 1 saturated heterocycles. The smallest absolute Gasteiger partial charge is 0.320 e. The van der Waals surface area contributed by atoms with Crippen LogP contribution in [0, 0.1) is 17.0 Å². The van der Waals surface area contributed by atoms with Crippen LogP contribution in [0.1, 0.15) is 51.9 Å². The fourth-order valence-electron chi connectivity index (χ4n) is 5.20. The molecule has 1 aliphatic rings. The number of aromatic nitrogens is 3. The molecule has 8 nitrogen and oxygen atoms in total. The summed E-state index contributed by atoms with van der Waals surface area (Å²) in [7, 11) is 0. The largest absolute Gasteiger partial charge is 0.394 e. The van der Waals surface area contributed by atoms with E-state index in [9.17, 15) is 23.1 Å². The average molecular weight is 559 g/mol. The molecule has 3 N–H and O–H groups in total. The van der Waals surface area contributed by atoms with Crippen molar-refractivity contribution in [2.45, 2.75) is 58.2 Å².